The lowest BCUT2D eigenvalue weighted by Gasteiger charge is -2.12. The molecule has 2 rings (SSSR count). The molecule has 0 radical (unpaired) electrons. The van der Waals surface area contributed by atoms with Crippen LogP contribution in [0.2, 0.25) is 0 Å². The number of methoxy groups -OCH3 is 1. The minimum absolute atomic E-state index is 0. The van der Waals surface area contributed by atoms with Gasteiger partial charge in [0, 0.05) is 0 Å². The van der Waals surface area contributed by atoms with E-state index < -0.39 is 11.8 Å². The molecule has 1 unspecified atom stereocenters. The summed E-state index contributed by atoms with van der Waals surface area (Å²) in [6.45, 7) is 0.781. The maximum Gasteiger partial charge on any atom is 0.337 e. The maximum atomic E-state index is 13.6. The molecule has 1 aromatic rings. The first-order chi connectivity index (χ1) is 9.11. The highest BCUT2D eigenvalue weighted by atomic mass is 35.5. The Hall–Kier alpha value is -1.66. The van der Waals surface area contributed by atoms with Gasteiger partial charge < -0.3 is 15.4 Å². The average molecular weight is 303 g/mol. The highest BCUT2D eigenvalue weighted by Crippen LogP contribution is 2.18. The Morgan fingerprint density at radius 3 is 2.80 bits per heavy atom. The number of hydrogen-bond acceptors (Lipinski definition) is 4. The number of nitrogens with one attached hydrogen (secondary N) is 2. The molecule has 1 aromatic carbocycles. The van der Waals surface area contributed by atoms with Crippen LogP contribution < -0.4 is 10.6 Å². The highest BCUT2D eigenvalue weighted by Gasteiger charge is 2.23. The van der Waals surface area contributed by atoms with Crippen LogP contribution in [0.3, 0.4) is 0 Å². The molecule has 1 heterocycles. The molecule has 0 bridgehead atoms. The second kappa shape index (κ2) is 7.21. The van der Waals surface area contributed by atoms with Gasteiger partial charge in [-0.15, -0.1) is 12.4 Å². The second-order valence-corrected chi connectivity index (χ2v) is 4.32. The molecule has 0 saturated carbocycles. The smallest absolute Gasteiger partial charge is 0.337 e. The summed E-state index contributed by atoms with van der Waals surface area (Å²) in [6, 6.07) is 3.41. The van der Waals surface area contributed by atoms with Gasteiger partial charge >= 0.3 is 5.97 Å². The first kappa shape index (κ1) is 16.4. The first-order valence-corrected chi connectivity index (χ1v) is 6.04. The van der Waals surface area contributed by atoms with Crippen LogP contribution in [-0.4, -0.2) is 31.6 Å². The topological polar surface area (TPSA) is 67.4 Å². The minimum Gasteiger partial charge on any atom is -0.465 e. The molecular formula is C13H16ClFN2O3. The lowest BCUT2D eigenvalue weighted by atomic mass is 10.1. The Balaban J connectivity index is 0.00000200. The third-order valence-electron chi connectivity index (χ3n) is 3.02. The van der Waals surface area contributed by atoms with E-state index in [0.717, 1.165) is 25.5 Å². The van der Waals surface area contributed by atoms with Gasteiger partial charge in [0.25, 0.3) is 0 Å². The monoisotopic (exact) mass is 302 g/mol. The van der Waals surface area contributed by atoms with Gasteiger partial charge in [-0.2, -0.15) is 0 Å². The van der Waals surface area contributed by atoms with Crippen LogP contribution in [0, 0.1) is 5.82 Å². The van der Waals surface area contributed by atoms with E-state index in [1.807, 2.05) is 0 Å². The molecule has 1 amide bonds. The van der Waals surface area contributed by atoms with Crippen molar-refractivity contribution >= 4 is 30.0 Å². The summed E-state index contributed by atoms with van der Waals surface area (Å²) in [7, 11) is 1.24. The number of esters is 1. The maximum absolute atomic E-state index is 13.6. The van der Waals surface area contributed by atoms with Crippen LogP contribution >= 0.6 is 12.4 Å². The van der Waals surface area contributed by atoms with Crippen molar-refractivity contribution in [1.29, 1.82) is 0 Å². The van der Waals surface area contributed by atoms with E-state index in [1.54, 1.807) is 0 Å². The van der Waals surface area contributed by atoms with E-state index in [-0.39, 0.29) is 35.6 Å². The zero-order valence-corrected chi connectivity index (χ0v) is 11.8. The van der Waals surface area contributed by atoms with Gasteiger partial charge in [0.2, 0.25) is 5.91 Å². The van der Waals surface area contributed by atoms with Gasteiger partial charge in [0.1, 0.15) is 5.82 Å². The molecule has 1 aliphatic rings. The third kappa shape index (κ3) is 3.68. The van der Waals surface area contributed by atoms with Crippen LogP contribution in [0.4, 0.5) is 10.1 Å². The number of carbonyl (C=O) groups excluding carboxylic acids is 2. The van der Waals surface area contributed by atoms with Crippen molar-refractivity contribution in [3.8, 4) is 0 Å². The summed E-state index contributed by atoms with van der Waals surface area (Å²) in [5.74, 6) is -1.45. The third-order valence-corrected chi connectivity index (χ3v) is 3.02. The van der Waals surface area contributed by atoms with Crippen LogP contribution in [0.1, 0.15) is 23.2 Å². The Morgan fingerprint density at radius 2 is 2.20 bits per heavy atom. The number of amides is 1. The Bertz CT molecular complexity index is 504. The van der Waals surface area contributed by atoms with Crippen LogP contribution in [0.25, 0.3) is 0 Å². The largest absolute Gasteiger partial charge is 0.465 e. The number of anilines is 1. The van der Waals surface area contributed by atoms with Gasteiger partial charge in [0.15, 0.2) is 0 Å². The standard InChI is InChI=1S/C13H15FN2O3.ClH/c1-19-13(18)8-4-5-9(14)11(7-8)16-12(17)10-3-2-6-15-10;/h4-5,7,10,15H,2-3,6H2,1H3,(H,16,17);1H. The summed E-state index contributed by atoms with van der Waals surface area (Å²) in [4.78, 5) is 23.2. The van der Waals surface area contributed by atoms with Crippen molar-refractivity contribution in [2.24, 2.45) is 0 Å². The molecule has 1 saturated heterocycles. The molecule has 1 aliphatic heterocycles. The second-order valence-electron chi connectivity index (χ2n) is 4.32. The fourth-order valence-corrected chi connectivity index (χ4v) is 1.99. The Labute approximate surface area is 122 Å². The van der Waals surface area contributed by atoms with Crippen molar-refractivity contribution in [2.45, 2.75) is 18.9 Å². The Morgan fingerprint density at radius 1 is 1.45 bits per heavy atom. The van der Waals surface area contributed by atoms with Gasteiger partial charge in [-0.3, -0.25) is 4.79 Å². The fraction of sp³-hybridized carbons (Fsp3) is 0.385. The van der Waals surface area contributed by atoms with Gasteiger partial charge in [-0.25, -0.2) is 9.18 Å². The zero-order valence-electron chi connectivity index (χ0n) is 10.9. The van der Waals surface area contributed by atoms with E-state index in [0.29, 0.717) is 0 Å². The van der Waals surface area contributed by atoms with Gasteiger partial charge in [-0.1, -0.05) is 0 Å². The summed E-state index contributed by atoms with van der Waals surface area (Å²) >= 11 is 0. The average Bonchev–Trinajstić information content (AvgIpc) is 2.94. The summed E-state index contributed by atoms with van der Waals surface area (Å²) in [5, 5.41) is 5.51. The predicted octanol–water partition coefficient (Wildman–Crippen LogP) is 1.72. The number of ether oxygens (including phenoxy) is 1. The first-order valence-electron chi connectivity index (χ1n) is 6.04. The summed E-state index contributed by atoms with van der Waals surface area (Å²) < 4.78 is 18.1. The SMILES string of the molecule is COC(=O)c1ccc(F)c(NC(=O)C2CCCN2)c1.Cl. The van der Waals surface area contributed by atoms with Crippen LogP contribution in [-0.2, 0) is 9.53 Å². The fourth-order valence-electron chi connectivity index (χ4n) is 1.99. The van der Waals surface area contributed by atoms with Crippen molar-refractivity contribution in [3.63, 3.8) is 0 Å². The molecule has 0 spiro atoms. The molecule has 110 valence electrons. The number of halogens is 2. The van der Waals surface area contributed by atoms with E-state index >= 15 is 0 Å². The lowest BCUT2D eigenvalue weighted by Crippen LogP contribution is -2.35. The summed E-state index contributed by atoms with van der Waals surface area (Å²) in [5.41, 5.74) is 0.181. The number of hydrogen-bond donors (Lipinski definition) is 2. The molecule has 0 aliphatic carbocycles. The Kier molecular flexibility index (Phi) is 5.91. The molecule has 2 N–H and O–H groups in total. The van der Waals surface area contributed by atoms with Crippen LogP contribution in [0.5, 0.6) is 0 Å². The van der Waals surface area contributed by atoms with Crippen molar-refractivity contribution in [2.75, 3.05) is 19.0 Å². The molecule has 7 heteroatoms. The van der Waals surface area contributed by atoms with E-state index in [4.69, 9.17) is 0 Å². The molecule has 1 atom stereocenters. The van der Waals surface area contributed by atoms with E-state index in [9.17, 15) is 14.0 Å². The van der Waals surface area contributed by atoms with E-state index in [2.05, 4.69) is 15.4 Å². The van der Waals surface area contributed by atoms with Crippen LogP contribution in [0.15, 0.2) is 18.2 Å². The summed E-state index contributed by atoms with van der Waals surface area (Å²) in [6.07, 6.45) is 1.65. The zero-order chi connectivity index (χ0) is 13.8. The van der Waals surface area contributed by atoms with E-state index in [1.165, 1.54) is 19.2 Å². The van der Waals surface area contributed by atoms with Gasteiger partial charge in [-0.05, 0) is 37.6 Å². The number of carbonyl (C=O) groups is 2. The van der Waals surface area contributed by atoms with Crippen molar-refractivity contribution in [1.82, 2.24) is 5.32 Å². The molecule has 0 aromatic heterocycles. The molecular weight excluding hydrogens is 287 g/mol. The quantitative estimate of drug-likeness (QED) is 0.834. The highest BCUT2D eigenvalue weighted by molar-refractivity contribution is 5.97. The predicted molar refractivity (Wildman–Crippen MR) is 74.6 cm³/mol. The van der Waals surface area contributed by atoms with Crippen molar-refractivity contribution < 1.29 is 18.7 Å². The molecule has 5 nitrogen and oxygen atoms in total. The normalized spacial score (nSPS) is 17.2. The number of rotatable bonds is 3. The lowest BCUT2D eigenvalue weighted by molar-refractivity contribution is -0.117. The van der Waals surface area contributed by atoms with Gasteiger partial charge in [0.05, 0.1) is 24.4 Å². The van der Waals surface area contributed by atoms with Crippen molar-refractivity contribution in [3.05, 3.63) is 29.6 Å². The molecule has 1 fully saturated rings. The number of benzene rings is 1. The minimum atomic E-state index is -0.584. The molecule has 20 heavy (non-hydrogen) atoms.